The smallest absolute Gasteiger partial charge is 0.441 e. The Balaban J connectivity index is 1.94. The van der Waals surface area contributed by atoms with Gasteiger partial charge in [0.25, 0.3) is 0 Å². The Kier molecular flexibility index (Phi) is 4.90. The topological polar surface area (TPSA) is 63.5 Å². The molecule has 0 radical (unpaired) electrons. The summed E-state index contributed by atoms with van der Waals surface area (Å²) in [5.74, 6) is 0. The Hall–Kier alpha value is -1.95. The second-order valence-electron chi connectivity index (χ2n) is 5.80. The van der Waals surface area contributed by atoms with E-state index in [1.165, 1.54) is 0 Å². The molecule has 1 saturated heterocycles. The molecule has 1 aliphatic rings. The number of carbonyl (C=O) groups is 1. The minimum atomic E-state index is -0.681. The lowest BCUT2D eigenvalue weighted by Crippen LogP contribution is -2.36. The maximum atomic E-state index is 11.4. The lowest BCUT2D eigenvalue weighted by molar-refractivity contribution is 0.0592. The van der Waals surface area contributed by atoms with Crippen LogP contribution in [0, 0.1) is 0 Å². The van der Waals surface area contributed by atoms with Crippen LogP contribution in [-0.2, 0) is 9.47 Å². The fraction of sp³-hybridized carbons (Fsp3) is 0.533. The zero-order valence-electron chi connectivity index (χ0n) is 12.7. The van der Waals surface area contributed by atoms with E-state index in [1.807, 2.05) is 24.3 Å². The van der Waals surface area contributed by atoms with Crippen molar-refractivity contribution in [1.29, 1.82) is 0 Å². The van der Waals surface area contributed by atoms with Gasteiger partial charge in [-0.15, -0.1) is 5.11 Å². The van der Waals surface area contributed by atoms with Gasteiger partial charge >= 0.3 is 6.09 Å². The Morgan fingerprint density at radius 1 is 1.19 bits per heavy atom. The van der Waals surface area contributed by atoms with Gasteiger partial charge in [-0.05, 0) is 45.0 Å². The SMILES string of the molecule is CC(C)(C)OC(=O)N=Nc1ccc(N2CCOCC2)cc1. The van der Waals surface area contributed by atoms with Gasteiger partial charge in [-0.3, -0.25) is 0 Å². The summed E-state index contributed by atoms with van der Waals surface area (Å²) in [5.41, 5.74) is 1.18. The molecule has 0 aliphatic carbocycles. The van der Waals surface area contributed by atoms with Gasteiger partial charge in [0, 0.05) is 18.8 Å². The molecule has 6 heteroatoms. The number of anilines is 1. The standard InChI is InChI=1S/C15H21N3O3/c1-15(2,3)21-14(19)17-16-12-4-6-13(7-5-12)18-8-10-20-11-9-18/h4-7H,8-11H2,1-3H3. The van der Waals surface area contributed by atoms with Crippen LogP contribution in [0.3, 0.4) is 0 Å². The molecule has 2 rings (SSSR count). The van der Waals surface area contributed by atoms with Gasteiger partial charge in [0.05, 0.1) is 18.9 Å². The summed E-state index contributed by atoms with van der Waals surface area (Å²) in [6.45, 7) is 8.64. The number of rotatable bonds is 2. The van der Waals surface area contributed by atoms with Crippen molar-refractivity contribution in [3.63, 3.8) is 0 Å². The highest BCUT2D eigenvalue weighted by atomic mass is 16.6. The molecule has 0 N–H and O–H groups in total. The lowest BCUT2D eigenvalue weighted by Gasteiger charge is -2.28. The van der Waals surface area contributed by atoms with Crippen LogP contribution in [0.5, 0.6) is 0 Å². The van der Waals surface area contributed by atoms with Gasteiger partial charge in [-0.1, -0.05) is 5.11 Å². The summed E-state index contributed by atoms with van der Waals surface area (Å²) in [5, 5.41) is 7.44. The van der Waals surface area contributed by atoms with E-state index in [2.05, 4.69) is 15.1 Å². The van der Waals surface area contributed by atoms with E-state index in [-0.39, 0.29) is 0 Å². The minimum absolute atomic E-state index is 0.559. The van der Waals surface area contributed by atoms with Gasteiger partial charge in [0.2, 0.25) is 0 Å². The van der Waals surface area contributed by atoms with Crippen LogP contribution in [0.2, 0.25) is 0 Å². The van der Waals surface area contributed by atoms with Crippen LogP contribution in [0.25, 0.3) is 0 Å². The number of carbonyl (C=O) groups excluding carboxylic acids is 1. The second-order valence-corrected chi connectivity index (χ2v) is 5.80. The molecule has 1 aromatic rings. The zero-order valence-corrected chi connectivity index (χ0v) is 12.7. The lowest BCUT2D eigenvalue weighted by atomic mass is 10.2. The van der Waals surface area contributed by atoms with Crippen molar-refractivity contribution >= 4 is 17.5 Å². The van der Waals surface area contributed by atoms with Gasteiger partial charge in [0.1, 0.15) is 5.60 Å². The largest absolute Gasteiger partial charge is 0.452 e. The van der Waals surface area contributed by atoms with Crippen LogP contribution >= 0.6 is 0 Å². The average molecular weight is 291 g/mol. The number of morpholine rings is 1. The summed E-state index contributed by atoms with van der Waals surface area (Å²) in [7, 11) is 0. The number of hydrogen-bond donors (Lipinski definition) is 0. The third-order valence-corrected chi connectivity index (χ3v) is 2.87. The molecule has 0 bridgehead atoms. The first-order valence-corrected chi connectivity index (χ1v) is 7.01. The van der Waals surface area contributed by atoms with Crippen molar-refractivity contribution in [3.8, 4) is 0 Å². The third-order valence-electron chi connectivity index (χ3n) is 2.87. The minimum Gasteiger partial charge on any atom is -0.441 e. The fourth-order valence-corrected chi connectivity index (χ4v) is 1.93. The summed E-state index contributed by atoms with van der Waals surface area (Å²) in [6.07, 6.45) is -0.681. The van der Waals surface area contributed by atoms with E-state index < -0.39 is 11.7 Å². The number of azo groups is 1. The first-order valence-electron chi connectivity index (χ1n) is 7.01. The summed E-state index contributed by atoms with van der Waals surface area (Å²) >= 11 is 0. The van der Waals surface area contributed by atoms with Crippen molar-refractivity contribution in [2.24, 2.45) is 10.2 Å². The van der Waals surface area contributed by atoms with Crippen LogP contribution in [0.1, 0.15) is 20.8 Å². The number of hydrogen-bond acceptors (Lipinski definition) is 5. The quantitative estimate of drug-likeness (QED) is 0.782. The molecule has 1 aromatic carbocycles. The molecule has 0 saturated carbocycles. The second kappa shape index (κ2) is 6.67. The Morgan fingerprint density at radius 3 is 2.38 bits per heavy atom. The van der Waals surface area contributed by atoms with Crippen LogP contribution in [-0.4, -0.2) is 38.0 Å². The van der Waals surface area contributed by atoms with Gasteiger partial charge < -0.3 is 14.4 Å². The van der Waals surface area contributed by atoms with E-state index in [1.54, 1.807) is 20.8 Å². The van der Waals surface area contributed by atoms with Gasteiger partial charge in [-0.2, -0.15) is 0 Å². The molecule has 114 valence electrons. The van der Waals surface area contributed by atoms with Gasteiger partial charge in [0.15, 0.2) is 0 Å². The maximum Gasteiger partial charge on any atom is 0.452 e. The molecular formula is C15H21N3O3. The number of nitrogens with zero attached hydrogens (tertiary/aromatic N) is 3. The van der Waals surface area contributed by atoms with Crippen molar-refractivity contribution in [2.45, 2.75) is 26.4 Å². The van der Waals surface area contributed by atoms with Crippen LogP contribution in [0.4, 0.5) is 16.2 Å². The van der Waals surface area contributed by atoms with Gasteiger partial charge in [-0.25, -0.2) is 4.79 Å². The molecule has 0 unspecified atom stereocenters. The first-order chi connectivity index (χ1) is 9.94. The summed E-state index contributed by atoms with van der Waals surface area (Å²) in [4.78, 5) is 13.7. The normalized spacial score (nSPS) is 16.2. The molecular weight excluding hydrogens is 270 g/mol. The van der Waals surface area contributed by atoms with Crippen LogP contribution in [0.15, 0.2) is 34.5 Å². The van der Waals surface area contributed by atoms with Crippen molar-refractivity contribution in [3.05, 3.63) is 24.3 Å². The molecule has 0 atom stereocenters. The zero-order chi connectivity index (χ0) is 15.3. The average Bonchev–Trinajstić information content (AvgIpc) is 2.45. The van der Waals surface area contributed by atoms with Crippen LogP contribution < -0.4 is 4.90 Å². The molecule has 1 aliphatic heterocycles. The number of ether oxygens (including phenoxy) is 2. The predicted molar refractivity (Wildman–Crippen MR) is 80.2 cm³/mol. The molecule has 1 amide bonds. The number of amides is 1. The van der Waals surface area contributed by atoms with E-state index in [0.29, 0.717) is 5.69 Å². The molecule has 0 spiro atoms. The Morgan fingerprint density at radius 2 is 1.81 bits per heavy atom. The molecule has 21 heavy (non-hydrogen) atoms. The molecule has 1 heterocycles. The molecule has 6 nitrogen and oxygen atoms in total. The highest BCUT2D eigenvalue weighted by Gasteiger charge is 2.15. The van der Waals surface area contributed by atoms with Crippen molar-refractivity contribution in [2.75, 3.05) is 31.2 Å². The van der Waals surface area contributed by atoms with E-state index >= 15 is 0 Å². The molecule has 0 aromatic heterocycles. The maximum absolute atomic E-state index is 11.4. The summed E-state index contributed by atoms with van der Waals surface area (Å²) in [6, 6.07) is 7.60. The predicted octanol–water partition coefficient (Wildman–Crippen LogP) is 3.54. The molecule has 1 fully saturated rings. The van der Waals surface area contributed by atoms with E-state index in [0.717, 1.165) is 32.0 Å². The Labute approximate surface area is 124 Å². The highest BCUT2D eigenvalue weighted by Crippen LogP contribution is 2.21. The summed E-state index contributed by atoms with van der Waals surface area (Å²) < 4.78 is 10.4. The van der Waals surface area contributed by atoms with Crippen molar-refractivity contribution < 1.29 is 14.3 Å². The monoisotopic (exact) mass is 291 g/mol. The highest BCUT2D eigenvalue weighted by molar-refractivity contribution is 5.68. The van der Waals surface area contributed by atoms with E-state index in [9.17, 15) is 4.79 Å². The third kappa shape index (κ3) is 5.15. The fourth-order valence-electron chi connectivity index (χ4n) is 1.93. The van der Waals surface area contributed by atoms with E-state index in [4.69, 9.17) is 9.47 Å². The first kappa shape index (κ1) is 15.4. The van der Waals surface area contributed by atoms with Crippen molar-refractivity contribution in [1.82, 2.24) is 0 Å². The number of benzene rings is 1. The Bertz CT molecular complexity index is 500.